The van der Waals surface area contributed by atoms with Crippen molar-refractivity contribution >= 4 is 12.6 Å². The topological polar surface area (TPSA) is 30.5 Å². The zero-order chi connectivity index (χ0) is 17.4. The molecular formula is C20H32BNO2. The fraction of sp³-hybridized carbons (Fsp3) is 0.700. The second-order valence-corrected chi connectivity index (χ2v) is 8.49. The minimum absolute atomic E-state index is 0.274. The molecule has 3 nitrogen and oxygen atoms in total. The second-order valence-electron chi connectivity index (χ2n) is 8.49. The van der Waals surface area contributed by atoms with Crippen molar-refractivity contribution in [2.75, 3.05) is 0 Å². The van der Waals surface area contributed by atoms with E-state index in [0.29, 0.717) is 6.04 Å². The van der Waals surface area contributed by atoms with Gasteiger partial charge in [0.25, 0.3) is 0 Å². The van der Waals surface area contributed by atoms with Crippen LogP contribution >= 0.6 is 0 Å². The third kappa shape index (κ3) is 3.71. The molecule has 0 radical (unpaired) electrons. The number of rotatable bonds is 4. The highest BCUT2D eigenvalue weighted by molar-refractivity contribution is 6.62. The van der Waals surface area contributed by atoms with Crippen LogP contribution in [-0.2, 0) is 15.9 Å². The van der Waals surface area contributed by atoms with Crippen LogP contribution < -0.4 is 10.8 Å². The Labute approximate surface area is 147 Å². The Morgan fingerprint density at radius 3 is 2.29 bits per heavy atom. The number of nitrogens with one attached hydrogen (secondary N) is 1. The van der Waals surface area contributed by atoms with Gasteiger partial charge in [-0.3, -0.25) is 0 Å². The molecule has 0 atom stereocenters. The Bertz CT molecular complexity index is 563. The summed E-state index contributed by atoms with van der Waals surface area (Å²) in [7, 11) is -0.274. The van der Waals surface area contributed by atoms with Gasteiger partial charge in [-0.05, 0) is 64.1 Å². The largest absolute Gasteiger partial charge is 0.494 e. The van der Waals surface area contributed by atoms with Crippen molar-refractivity contribution in [1.82, 2.24) is 5.32 Å². The molecule has 2 aliphatic rings. The zero-order valence-corrected chi connectivity index (χ0v) is 15.9. The van der Waals surface area contributed by atoms with Gasteiger partial charge in [0.15, 0.2) is 0 Å². The first-order valence-electron chi connectivity index (χ1n) is 9.47. The SMILES string of the molecule is Cc1ccc(B2OC(C)(C)C(C)(C)O2)cc1CNC1CCCCC1. The van der Waals surface area contributed by atoms with Crippen LogP contribution in [0, 0.1) is 6.92 Å². The molecule has 0 unspecified atom stereocenters. The predicted molar refractivity (Wildman–Crippen MR) is 101 cm³/mol. The molecule has 1 N–H and O–H groups in total. The molecule has 2 fully saturated rings. The lowest BCUT2D eigenvalue weighted by molar-refractivity contribution is 0.00578. The van der Waals surface area contributed by atoms with Crippen LogP contribution in [0.3, 0.4) is 0 Å². The summed E-state index contributed by atoms with van der Waals surface area (Å²) in [6.07, 6.45) is 6.76. The highest BCUT2D eigenvalue weighted by atomic mass is 16.7. The number of hydrogen-bond acceptors (Lipinski definition) is 3. The molecule has 0 aromatic heterocycles. The Morgan fingerprint density at radius 2 is 1.67 bits per heavy atom. The van der Waals surface area contributed by atoms with Crippen LogP contribution in [0.4, 0.5) is 0 Å². The molecule has 1 aromatic carbocycles. The average molecular weight is 329 g/mol. The Kier molecular flexibility index (Phi) is 5.10. The van der Waals surface area contributed by atoms with E-state index in [1.807, 2.05) is 0 Å². The lowest BCUT2D eigenvalue weighted by Crippen LogP contribution is -2.41. The fourth-order valence-corrected chi connectivity index (χ4v) is 3.57. The van der Waals surface area contributed by atoms with Crippen molar-refractivity contribution in [3.8, 4) is 0 Å². The number of benzene rings is 1. The van der Waals surface area contributed by atoms with Gasteiger partial charge in [0.1, 0.15) is 0 Å². The summed E-state index contributed by atoms with van der Waals surface area (Å²) < 4.78 is 12.4. The van der Waals surface area contributed by atoms with Crippen molar-refractivity contribution in [3.63, 3.8) is 0 Å². The smallest absolute Gasteiger partial charge is 0.399 e. The summed E-state index contributed by atoms with van der Waals surface area (Å²) in [5.41, 5.74) is 3.23. The third-order valence-corrected chi connectivity index (χ3v) is 6.08. The minimum atomic E-state index is -0.289. The van der Waals surface area contributed by atoms with E-state index in [1.165, 1.54) is 43.2 Å². The fourth-order valence-electron chi connectivity index (χ4n) is 3.57. The Morgan fingerprint density at radius 1 is 1.04 bits per heavy atom. The van der Waals surface area contributed by atoms with Crippen LogP contribution in [0.25, 0.3) is 0 Å². The molecule has 1 aliphatic carbocycles. The maximum absolute atomic E-state index is 6.20. The minimum Gasteiger partial charge on any atom is -0.399 e. The molecule has 24 heavy (non-hydrogen) atoms. The molecule has 3 rings (SSSR count). The van der Waals surface area contributed by atoms with E-state index in [2.05, 4.69) is 58.1 Å². The molecule has 4 heteroatoms. The van der Waals surface area contributed by atoms with Crippen molar-refractivity contribution in [2.45, 2.75) is 90.5 Å². The lowest BCUT2D eigenvalue weighted by atomic mass is 9.77. The summed E-state index contributed by atoms with van der Waals surface area (Å²) in [5, 5.41) is 3.75. The maximum Gasteiger partial charge on any atom is 0.494 e. The number of hydrogen-bond donors (Lipinski definition) is 1. The van der Waals surface area contributed by atoms with Crippen LogP contribution in [-0.4, -0.2) is 24.4 Å². The third-order valence-electron chi connectivity index (χ3n) is 6.08. The monoisotopic (exact) mass is 329 g/mol. The van der Waals surface area contributed by atoms with Gasteiger partial charge in [0, 0.05) is 12.6 Å². The highest BCUT2D eigenvalue weighted by Crippen LogP contribution is 2.36. The summed E-state index contributed by atoms with van der Waals surface area (Å²) in [5.74, 6) is 0. The van der Waals surface area contributed by atoms with Crippen LogP contribution in [0.15, 0.2) is 18.2 Å². The van der Waals surface area contributed by atoms with E-state index in [9.17, 15) is 0 Å². The highest BCUT2D eigenvalue weighted by Gasteiger charge is 2.51. The van der Waals surface area contributed by atoms with Gasteiger partial charge in [-0.1, -0.05) is 37.5 Å². The van der Waals surface area contributed by atoms with Crippen molar-refractivity contribution in [3.05, 3.63) is 29.3 Å². The molecule has 132 valence electrons. The molecule has 1 heterocycles. The molecule has 0 spiro atoms. The molecule has 1 saturated heterocycles. The first kappa shape index (κ1) is 18.0. The average Bonchev–Trinajstić information content (AvgIpc) is 2.75. The van der Waals surface area contributed by atoms with Gasteiger partial charge < -0.3 is 14.6 Å². The van der Waals surface area contributed by atoms with E-state index in [0.717, 1.165) is 12.0 Å². The summed E-state index contributed by atoms with van der Waals surface area (Å²) in [4.78, 5) is 0. The van der Waals surface area contributed by atoms with Crippen LogP contribution in [0.2, 0.25) is 0 Å². The normalized spacial score (nSPS) is 23.6. The molecule has 1 saturated carbocycles. The maximum atomic E-state index is 6.20. The van der Waals surface area contributed by atoms with E-state index in [1.54, 1.807) is 0 Å². The molecule has 1 aromatic rings. The first-order valence-corrected chi connectivity index (χ1v) is 9.47. The van der Waals surface area contributed by atoms with Crippen molar-refractivity contribution in [2.24, 2.45) is 0 Å². The van der Waals surface area contributed by atoms with Crippen molar-refractivity contribution in [1.29, 1.82) is 0 Å². The quantitative estimate of drug-likeness (QED) is 0.854. The van der Waals surface area contributed by atoms with E-state index < -0.39 is 0 Å². The van der Waals surface area contributed by atoms with Gasteiger partial charge in [-0.25, -0.2) is 0 Å². The van der Waals surface area contributed by atoms with E-state index >= 15 is 0 Å². The van der Waals surface area contributed by atoms with Gasteiger partial charge in [0.05, 0.1) is 11.2 Å². The Balaban J connectivity index is 1.70. The summed E-state index contributed by atoms with van der Waals surface area (Å²) in [6.45, 7) is 11.5. The van der Waals surface area contributed by atoms with Gasteiger partial charge in [-0.15, -0.1) is 0 Å². The van der Waals surface area contributed by atoms with E-state index in [4.69, 9.17) is 9.31 Å². The Hall–Kier alpha value is -0.835. The molecule has 0 amide bonds. The number of aryl methyl sites for hydroxylation is 1. The van der Waals surface area contributed by atoms with Crippen molar-refractivity contribution < 1.29 is 9.31 Å². The van der Waals surface area contributed by atoms with Gasteiger partial charge in [-0.2, -0.15) is 0 Å². The van der Waals surface area contributed by atoms with Crippen LogP contribution in [0.5, 0.6) is 0 Å². The summed E-state index contributed by atoms with van der Waals surface area (Å²) in [6, 6.07) is 7.27. The van der Waals surface area contributed by atoms with Gasteiger partial charge >= 0.3 is 7.12 Å². The molecule has 0 bridgehead atoms. The lowest BCUT2D eigenvalue weighted by Gasteiger charge is -2.32. The second kappa shape index (κ2) is 6.82. The summed E-state index contributed by atoms with van der Waals surface area (Å²) >= 11 is 0. The zero-order valence-electron chi connectivity index (χ0n) is 15.9. The van der Waals surface area contributed by atoms with Crippen LogP contribution in [0.1, 0.15) is 70.9 Å². The van der Waals surface area contributed by atoms with Gasteiger partial charge in [0.2, 0.25) is 0 Å². The first-order chi connectivity index (χ1) is 11.3. The van der Waals surface area contributed by atoms with E-state index in [-0.39, 0.29) is 18.3 Å². The predicted octanol–water partition coefficient (Wildman–Crippen LogP) is 3.72. The standard InChI is InChI=1S/C20H32BNO2/c1-15-11-12-17(21-23-19(2,3)20(4,5)24-21)13-16(15)14-22-18-9-7-6-8-10-18/h11-13,18,22H,6-10,14H2,1-5H3. The molecular weight excluding hydrogens is 297 g/mol. The molecule has 1 aliphatic heterocycles.